The van der Waals surface area contributed by atoms with Gasteiger partial charge in [-0.1, -0.05) is 213 Å². The van der Waals surface area contributed by atoms with Crippen LogP contribution in [0.4, 0.5) is 0 Å². The first-order valence-corrected chi connectivity index (χ1v) is 27.7. The van der Waals surface area contributed by atoms with E-state index in [2.05, 4.69) is 26.1 Å². The first kappa shape index (κ1) is 60.4. The third-order valence-corrected chi connectivity index (χ3v) is 13.2. The molecule has 7 atom stereocenters. The molecule has 1 heterocycles. The lowest BCUT2D eigenvalue weighted by molar-refractivity contribution is -0.257. The number of hydrogen-bond acceptors (Lipinski definition) is 10. The van der Waals surface area contributed by atoms with Crippen molar-refractivity contribution in [3.05, 3.63) is 0 Å². The van der Waals surface area contributed by atoms with Gasteiger partial charge in [0.05, 0.1) is 12.5 Å². The molecule has 13 nitrogen and oxygen atoms in total. The molecule has 5 N–H and O–H groups in total. The summed E-state index contributed by atoms with van der Waals surface area (Å²) in [6, 6.07) is -1.51. The molecule has 1 amide bonds. The van der Waals surface area contributed by atoms with Gasteiger partial charge in [-0.15, -0.1) is 0 Å². The molecule has 0 aromatic heterocycles. The van der Waals surface area contributed by atoms with Gasteiger partial charge in [-0.25, -0.2) is 4.57 Å². The van der Waals surface area contributed by atoms with Gasteiger partial charge in [-0.3, -0.25) is 18.9 Å². The molecule has 0 saturated carbocycles. The van der Waals surface area contributed by atoms with Crippen LogP contribution in [0.15, 0.2) is 0 Å². The largest absolute Gasteiger partial charge is 0.470 e. The van der Waals surface area contributed by atoms with Gasteiger partial charge in [0.25, 0.3) is 0 Å². The van der Waals surface area contributed by atoms with E-state index in [9.17, 15) is 38.9 Å². The molecule has 0 bridgehead atoms. The Labute approximate surface area is 389 Å². The average Bonchev–Trinajstić information content (AvgIpc) is 3.23. The zero-order valence-electron chi connectivity index (χ0n) is 41.0. The minimum absolute atomic E-state index is 0.00665. The predicted molar refractivity (Wildman–Crippen MR) is 254 cm³/mol. The van der Waals surface area contributed by atoms with Crippen LogP contribution in [-0.4, -0.2) is 81.2 Å². The molecule has 1 aliphatic rings. The van der Waals surface area contributed by atoms with E-state index in [1.165, 1.54) is 128 Å². The highest BCUT2D eigenvalue weighted by atomic mass is 31.2. The third-order valence-electron chi connectivity index (χ3n) is 12.7. The summed E-state index contributed by atoms with van der Waals surface area (Å²) >= 11 is 0. The monoisotopic (exact) mass is 934 g/mol. The number of unbranched alkanes of at least 4 members (excludes halogenated alkanes) is 27. The number of aliphatic hydroxyl groups excluding tert-OH is 2. The summed E-state index contributed by atoms with van der Waals surface area (Å²) in [7, 11) is -5.27. The summed E-state index contributed by atoms with van der Waals surface area (Å²) in [5.41, 5.74) is 0. The predicted octanol–water partition coefficient (Wildman–Crippen LogP) is 11.8. The second-order valence-electron chi connectivity index (χ2n) is 18.8. The Morgan fingerprint density at radius 1 is 0.594 bits per heavy atom. The fraction of sp³-hybridized carbons (Fsp3) is 0.940. The highest BCUT2D eigenvalue weighted by Gasteiger charge is 2.51. The molecule has 14 heteroatoms. The van der Waals surface area contributed by atoms with Crippen molar-refractivity contribution in [3.63, 3.8) is 0 Å². The van der Waals surface area contributed by atoms with E-state index in [0.717, 1.165) is 84.0 Å². The smallest absolute Gasteiger partial charge is 0.463 e. The van der Waals surface area contributed by atoms with Crippen molar-refractivity contribution in [2.45, 2.75) is 289 Å². The molecule has 64 heavy (non-hydrogen) atoms. The van der Waals surface area contributed by atoms with Crippen LogP contribution in [-0.2, 0) is 37.7 Å². The van der Waals surface area contributed by atoms with Crippen molar-refractivity contribution in [1.29, 1.82) is 0 Å². The van der Waals surface area contributed by atoms with E-state index in [4.69, 9.17) is 18.7 Å². The Hall–Kier alpha value is -1.60. The molecule has 1 rings (SSSR count). The molecule has 1 saturated heterocycles. The zero-order valence-corrected chi connectivity index (χ0v) is 41.9. The van der Waals surface area contributed by atoms with Gasteiger partial charge in [0.2, 0.25) is 5.91 Å². The van der Waals surface area contributed by atoms with Crippen LogP contribution in [0.25, 0.3) is 0 Å². The molecule has 0 aliphatic carbocycles. The summed E-state index contributed by atoms with van der Waals surface area (Å²) in [5, 5.41) is 24.5. The highest BCUT2D eigenvalue weighted by Crippen LogP contribution is 2.42. The minimum Gasteiger partial charge on any atom is -0.463 e. The Morgan fingerprint density at radius 2 is 0.984 bits per heavy atom. The normalized spacial score (nSPS) is 19.9. The fourth-order valence-corrected chi connectivity index (χ4v) is 9.46. The number of carbonyl (C=O) groups is 3. The standard InChI is InChI=1S/C50H96NO12P/c1-5-8-11-14-17-20-21-22-25-27-30-33-36-42(35-32-29-26-23-18-15-12-9-6-2)38-46(55)62-49-47(50(56)61-44(40-60-41(4)52)48(49)63-64(57,58)59)51-45(54)39-43(53)37-34-31-28-24-19-16-13-10-7-3/h42-44,47-50,53,56H,5-40H2,1-4H3,(H,51,54)(H2,57,58,59)/t42?,43-,44-,47-,48-,49-,50?/m1/s1. The Kier molecular flexibility index (Phi) is 37.2. The van der Waals surface area contributed by atoms with Crippen molar-refractivity contribution >= 4 is 25.7 Å². The van der Waals surface area contributed by atoms with E-state index < -0.39 is 69.0 Å². The molecule has 0 aromatic rings. The maximum Gasteiger partial charge on any atom is 0.470 e. The van der Waals surface area contributed by atoms with Crippen molar-refractivity contribution in [3.8, 4) is 0 Å². The van der Waals surface area contributed by atoms with E-state index >= 15 is 0 Å². The number of aliphatic hydroxyl groups is 2. The van der Waals surface area contributed by atoms with Crippen LogP contribution in [0.3, 0.4) is 0 Å². The zero-order chi connectivity index (χ0) is 47.3. The fourth-order valence-electron chi connectivity index (χ4n) is 8.89. The molecule has 1 fully saturated rings. The Bertz CT molecular complexity index is 1200. The second-order valence-corrected chi connectivity index (χ2v) is 20.0. The number of ether oxygens (including phenoxy) is 3. The molecular formula is C50H96NO12P. The minimum atomic E-state index is -5.27. The molecule has 2 unspecified atom stereocenters. The number of esters is 2. The molecule has 378 valence electrons. The molecule has 1 aliphatic heterocycles. The van der Waals surface area contributed by atoms with Gasteiger partial charge in [0.15, 0.2) is 12.4 Å². The van der Waals surface area contributed by atoms with Crippen molar-refractivity contribution in [1.82, 2.24) is 5.32 Å². The summed E-state index contributed by atoms with van der Waals surface area (Å²) in [6.07, 6.45) is 29.6. The average molecular weight is 934 g/mol. The number of carbonyl (C=O) groups excluding carboxylic acids is 3. The lowest BCUT2D eigenvalue weighted by atomic mass is 9.91. The highest BCUT2D eigenvalue weighted by molar-refractivity contribution is 7.46. The third kappa shape index (κ3) is 33.0. The van der Waals surface area contributed by atoms with Crippen LogP contribution >= 0.6 is 7.82 Å². The van der Waals surface area contributed by atoms with E-state index in [1.54, 1.807) is 0 Å². The van der Waals surface area contributed by atoms with E-state index in [-0.39, 0.29) is 18.8 Å². The Balaban J connectivity index is 3.02. The quantitative estimate of drug-likeness (QED) is 0.0221. The lowest BCUT2D eigenvalue weighted by Gasteiger charge is -2.44. The van der Waals surface area contributed by atoms with Crippen LogP contribution in [0.2, 0.25) is 0 Å². The summed E-state index contributed by atoms with van der Waals surface area (Å²) < 4.78 is 34.1. The van der Waals surface area contributed by atoms with Crippen LogP contribution < -0.4 is 5.32 Å². The van der Waals surface area contributed by atoms with Gasteiger partial charge in [0.1, 0.15) is 24.9 Å². The summed E-state index contributed by atoms with van der Waals surface area (Å²) in [6.45, 7) is 7.23. The van der Waals surface area contributed by atoms with Gasteiger partial charge < -0.3 is 39.5 Å². The van der Waals surface area contributed by atoms with Crippen molar-refractivity contribution < 1.29 is 57.7 Å². The molecule has 0 radical (unpaired) electrons. The molecular weight excluding hydrogens is 838 g/mol. The van der Waals surface area contributed by atoms with Crippen molar-refractivity contribution in [2.24, 2.45) is 5.92 Å². The maximum atomic E-state index is 13.9. The van der Waals surface area contributed by atoms with Gasteiger partial charge >= 0.3 is 19.8 Å². The van der Waals surface area contributed by atoms with Crippen LogP contribution in [0.1, 0.15) is 252 Å². The number of hydrogen-bond donors (Lipinski definition) is 5. The topological polar surface area (TPSA) is 198 Å². The van der Waals surface area contributed by atoms with E-state index in [0.29, 0.717) is 6.42 Å². The number of phosphoric ester groups is 1. The first-order valence-electron chi connectivity index (χ1n) is 26.2. The number of rotatable bonds is 43. The SMILES string of the molecule is CCCCCCCCCCCCCCC(CCCCCCCCCCC)CC(=O)O[C@H]1[C@H](OP(=O)(O)O)[C@@H](COC(C)=O)OC(O)[C@@H]1NC(=O)C[C@H](O)CCCCCCCCCCC. The van der Waals surface area contributed by atoms with Gasteiger partial charge in [-0.05, 0) is 25.2 Å². The maximum absolute atomic E-state index is 13.9. The van der Waals surface area contributed by atoms with E-state index in [1.807, 2.05) is 0 Å². The van der Waals surface area contributed by atoms with Crippen LogP contribution in [0.5, 0.6) is 0 Å². The van der Waals surface area contributed by atoms with Crippen LogP contribution in [0, 0.1) is 5.92 Å². The number of nitrogens with one attached hydrogen (secondary N) is 1. The second kappa shape index (κ2) is 39.4. The lowest BCUT2D eigenvalue weighted by Crippen LogP contribution is -2.66. The molecule has 0 aromatic carbocycles. The Morgan fingerprint density at radius 3 is 1.38 bits per heavy atom. The first-order chi connectivity index (χ1) is 30.8. The van der Waals surface area contributed by atoms with Crippen molar-refractivity contribution in [2.75, 3.05) is 6.61 Å². The molecule has 0 spiro atoms. The summed E-state index contributed by atoms with van der Waals surface area (Å²) in [5.74, 6) is -2.03. The summed E-state index contributed by atoms with van der Waals surface area (Å²) in [4.78, 5) is 58.9. The van der Waals surface area contributed by atoms with Gasteiger partial charge in [-0.2, -0.15) is 0 Å². The number of phosphoric acid groups is 1. The van der Waals surface area contributed by atoms with Gasteiger partial charge in [0, 0.05) is 13.3 Å². The number of amides is 1.